The van der Waals surface area contributed by atoms with Gasteiger partial charge in [0.2, 0.25) is 0 Å². The van der Waals surface area contributed by atoms with Crippen LogP contribution in [-0.4, -0.2) is 9.78 Å². The van der Waals surface area contributed by atoms with E-state index in [1.807, 2.05) is 10.9 Å². The first-order valence-electron chi connectivity index (χ1n) is 6.01. The van der Waals surface area contributed by atoms with Crippen molar-refractivity contribution >= 4 is 11.4 Å². The van der Waals surface area contributed by atoms with E-state index in [2.05, 4.69) is 5.10 Å². The van der Waals surface area contributed by atoms with E-state index in [9.17, 15) is 4.39 Å². The molecule has 94 valence electrons. The largest absolute Gasteiger partial charge is 0.397 e. The summed E-state index contributed by atoms with van der Waals surface area (Å²) in [6.45, 7) is 0.937. The van der Waals surface area contributed by atoms with Gasteiger partial charge in [0.25, 0.3) is 0 Å². The smallest absolute Gasteiger partial charge is 0.148 e. The molecule has 5 heteroatoms. The van der Waals surface area contributed by atoms with Crippen LogP contribution in [0.4, 0.5) is 15.8 Å². The number of hydrogen-bond acceptors (Lipinski definition) is 3. The number of hydrogen-bond donors (Lipinski definition) is 2. The molecule has 3 rings (SSSR count). The zero-order valence-electron chi connectivity index (χ0n) is 9.94. The van der Waals surface area contributed by atoms with E-state index >= 15 is 0 Å². The Bertz CT molecular complexity index is 563. The van der Waals surface area contributed by atoms with Gasteiger partial charge in [-0.25, -0.2) is 4.39 Å². The summed E-state index contributed by atoms with van der Waals surface area (Å²) in [7, 11) is 0. The van der Waals surface area contributed by atoms with Gasteiger partial charge in [-0.05, 0) is 36.5 Å². The highest BCUT2D eigenvalue weighted by molar-refractivity contribution is 5.74. The van der Waals surface area contributed by atoms with Crippen LogP contribution >= 0.6 is 0 Å². The number of nitrogens with zero attached hydrogens (tertiary/aromatic N) is 2. The molecule has 0 atom stereocenters. The Labute approximate surface area is 104 Å². The lowest BCUT2D eigenvalue weighted by Gasteiger charge is -2.04. The molecule has 0 radical (unpaired) electrons. The van der Waals surface area contributed by atoms with Gasteiger partial charge in [0.15, 0.2) is 0 Å². The number of rotatable bonds is 3. The van der Waals surface area contributed by atoms with Crippen molar-refractivity contribution < 1.29 is 4.39 Å². The minimum absolute atomic E-state index is 0.00382. The van der Waals surface area contributed by atoms with Crippen molar-refractivity contribution in [3.8, 4) is 11.1 Å². The average molecular weight is 246 g/mol. The summed E-state index contributed by atoms with van der Waals surface area (Å²) >= 11 is 0. The van der Waals surface area contributed by atoms with E-state index in [4.69, 9.17) is 11.5 Å². The van der Waals surface area contributed by atoms with Crippen LogP contribution < -0.4 is 11.5 Å². The van der Waals surface area contributed by atoms with E-state index < -0.39 is 5.82 Å². The number of nitrogen functional groups attached to an aromatic ring is 2. The van der Waals surface area contributed by atoms with Crippen molar-refractivity contribution in [1.82, 2.24) is 9.78 Å². The van der Waals surface area contributed by atoms with Crippen LogP contribution in [-0.2, 0) is 6.54 Å². The van der Waals surface area contributed by atoms with Crippen LogP contribution in [0.2, 0.25) is 0 Å². The highest BCUT2D eigenvalue weighted by atomic mass is 19.1. The molecule has 18 heavy (non-hydrogen) atoms. The maximum atomic E-state index is 13.5. The first-order valence-corrected chi connectivity index (χ1v) is 6.01. The SMILES string of the molecule is Nc1cc(-c2cnn(CC3CC3)c2)cc(F)c1N. The van der Waals surface area contributed by atoms with E-state index in [1.54, 1.807) is 12.3 Å². The van der Waals surface area contributed by atoms with E-state index in [-0.39, 0.29) is 11.4 Å². The summed E-state index contributed by atoms with van der Waals surface area (Å²) in [4.78, 5) is 0. The van der Waals surface area contributed by atoms with Gasteiger partial charge in [0.1, 0.15) is 5.82 Å². The third-order valence-corrected chi connectivity index (χ3v) is 3.27. The Morgan fingerprint density at radius 3 is 2.72 bits per heavy atom. The minimum Gasteiger partial charge on any atom is -0.397 e. The fourth-order valence-electron chi connectivity index (χ4n) is 1.98. The first-order chi connectivity index (χ1) is 8.63. The maximum absolute atomic E-state index is 13.5. The molecule has 1 saturated carbocycles. The number of aromatic nitrogens is 2. The lowest BCUT2D eigenvalue weighted by atomic mass is 10.1. The summed E-state index contributed by atoms with van der Waals surface area (Å²) in [5.74, 6) is 0.269. The zero-order chi connectivity index (χ0) is 12.7. The Kier molecular flexibility index (Phi) is 2.47. The van der Waals surface area contributed by atoms with E-state index in [1.165, 1.54) is 18.9 Å². The second-order valence-corrected chi connectivity index (χ2v) is 4.86. The Morgan fingerprint density at radius 1 is 1.28 bits per heavy atom. The third-order valence-electron chi connectivity index (χ3n) is 3.27. The molecule has 4 N–H and O–H groups in total. The summed E-state index contributed by atoms with van der Waals surface area (Å²) in [5.41, 5.74) is 13.0. The van der Waals surface area contributed by atoms with Crippen LogP contribution in [0.5, 0.6) is 0 Å². The molecule has 0 amide bonds. The van der Waals surface area contributed by atoms with Gasteiger partial charge in [-0.3, -0.25) is 4.68 Å². The van der Waals surface area contributed by atoms with Gasteiger partial charge in [-0.15, -0.1) is 0 Å². The van der Waals surface area contributed by atoms with Crippen LogP contribution in [0, 0.1) is 11.7 Å². The van der Waals surface area contributed by atoms with Gasteiger partial charge in [0, 0.05) is 18.3 Å². The molecule has 4 nitrogen and oxygen atoms in total. The number of halogens is 1. The molecular formula is C13H15FN4. The third kappa shape index (κ3) is 2.03. The van der Waals surface area contributed by atoms with Crippen molar-refractivity contribution in [1.29, 1.82) is 0 Å². The summed E-state index contributed by atoms with van der Waals surface area (Å²) in [6.07, 6.45) is 6.20. The van der Waals surface area contributed by atoms with Gasteiger partial charge < -0.3 is 11.5 Å². The number of nitrogens with two attached hydrogens (primary N) is 2. The molecule has 0 spiro atoms. The van der Waals surface area contributed by atoms with Crippen LogP contribution in [0.3, 0.4) is 0 Å². The molecule has 0 bridgehead atoms. The molecule has 1 heterocycles. The molecule has 1 aliphatic carbocycles. The quantitative estimate of drug-likeness (QED) is 0.816. The van der Waals surface area contributed by atoms with Crippen molar-refractivity contribution in [2.45, 2.75) is 19.4 Å². The predicted molar refractivity (Wildman–Crippen MR) is 69.2 cm³/mol. The second-order valence-electron chi connectivity index (χ2n) is 4.86. The van der Waals surface area contributed by atoms with Gasteiger partial charge in [-0.2, -0.15) is 5.10 Å². The van der Waals surface area contributed by atoms with Crippen molar-refractivity contribution in [3.63, 3.8) is 0 Å². The Morgan fingerprint density at radius 2 is 2.06 bits per heavy atom. The van der Waals surface area contributed by atoms with Crippen molar-refractivity contribution in [2.75, 3.05) is 11.5 Å². The Balaban J connectivity index is 1.91. The highest BCUT2D eigenvalue weighted by Gasteiger charge is 2.22. The number of anilines is 2. The van der Waals surface area contributed by atoms with Crippen molar-refractivity contribution in [3.05, 3.63) is 30.3 Å². The monoisotopic (exact) mass is 246 g/mol. The zero-order valence-corrected chi connectivity index (χ0v) is 9.94. The molecule has 1 aromatic carbocycles. The van der Waals surface area contributed by atoms with E-state index in [0.29, 0.717) is 5.56 Å². The van der Waals surface area contributed by atoms with Crippen LogP contribution in [0.15, 0.2) is 24.5 Å². The van der Waals surface area contributed by atoms with Gasteiger partial charge in [-0.1, -0.05) is 0 Å². The molecule has 0 unspecified atom stereocenters. The molecular weight excluding hydrogens is 231 g/mol. The van der Waals surface area contributed by atoms with Crippen LogP contribution in [0.25, 0.3) is 11.1 Å². The second kappa shape index (κ2) is 4.01. The average Bonchev–Trinajstić information content (AvgIpc) is 3.01. The summed E-state index contributed by atoms with van der Waals surface area (Å²) in [6, 6.07) is 3.07. The maximum Gasteiger partial charge on any atom is 0.148 e. The molecule has 2 aromatic rings. The number of benzene rings is 1. The normalized spacial score (nSPS) is 14.9. The van der Waals surface area contributed by atoms with Gasteiger partial charge >= 0.3 is 0 Å². The molecule has 1 fully saturated rings. The molecule has 1 aromatic heterocycles. The molecule has 0 saturated heterocycles. The lowest BCUT2D eigenvalue weighted by molar-refractivity contribution is 0.563. The standard InChI is InChI=1S/C13H15FN4/c14-11-3-9(4-12(15)13(11)16)10-5-17-18(7-10)6-8-1-2-8/h3-5,7-8H,1-2,6,15-16H2. The lowest BCUT2D eigenvalue weighted by Crippen LogP contribution is -1.99. The highest BCUT2D eigenvalue weighted by Crippen LogP contribution is 2.31. The Hall–Kier alpha value is -2.04. The van der Waals surface area contributed by atoms with Crippen molar-refractivity contribution in [2.24, 2.45) is 5.92 Å². The van der Waals surface area contributed by atoms with E-state index in [0.717, 1.165) is 18.0 Å². The minimum atomic E-state index is -0.486. The van der Waals surface area contributed by atoms with Crippen LogP contribution in [0.1, 0.15) is 12.8 Å². The molecule has 0 aliphatic heterocycles. The summed E-state index contributed by atoms with van der Waals surface area (Å²) in [5, 5.41) is 4.28. The fraction of sp³-hybridized carbons (Fsp3) is 0.308. The summed E-state index contributed by atoms with van der Waals surface area (Å²) < 4.78 is 15.4. The fourth-order valence-corrected chi connectivity index (χ4v) is 1.98. The predicted octanol–water partition coefficient (Wildman–Crippen LogP) is 2.26. The topological polar surface area (TPSA) is 69.9 Å². The molecule has 1 aliphatic rings. The van der Waals surface area contributed by atoms with Gasteiger partial charge in [0.05, 0.1) is 17.6 Å². The first kappa shape index (κ1) is 11.1.